The van der Waals surface area contributed by atoms with Crippen LogP contribution in [0, 0.1) is 10.1 Å². The number of hydrogen-bond donors (Lipinski definition) is 0. The topological polar surface area (TPSA) is 83.8 Å². The normalized spacial score (nSPS) is 15.4. The predicted molar refractivity (Wildman–Crippen MR) is 71.6 cm³/mol. The van der Waals surface area contributed by atoms with Gasteiger partial charge in [-0.15, -0.1) is 0 Å². The van der Waals surface area contributed by atoms with Gasteiger partial charge in [-0.05, 0) is 12.1 Å². The van der Waals surface area contributed by atoms with Crippen LogP contribution in [0.25, 0.3) is 0 Å². The lowest BCUT2D eigenvalue weighted by molar-refractivity contribution is -0.385. The predicted octanol–water partition coefficient (Wildman–Crippen LogP) is 1.16. The lowest BCUT2D eigenvalue weighted by atomic mass is 10.1. The van der Waals surface area contributed by atoms with E-state index in [0.29, 0.717) is 13.1 Å². The summed E-state index contributed by atoms with van der Waals surface area (Å²) in [5.74, 6) is -0.755. The number of carbonyl (C=O) groups is 2. The summed E-state index contributed by atoms with van der Waals surface area (Å²) in [5.41, 5.74) is -0.523. The second-order valence-electron chi connectivity index (χ2n) is 4.44. The maximum absolute atomic E-state index is 12.3. The fraction of sp³-hybridized carbons (Fsp3) is 0.333. The third-order valence-corrected chi connectivity index (χ3v) is 3.45. The van der Waals surface area contributed by atoms with Gasteiger partial charge in [0.05, 0.1) is 4.92 Å². The number of rotatable bonds is 2. The lowest BCUT2D eigenvalue weighted by Gasteiger charge is -2.31. The highest BCUT2D eigenvalue weighted by atomic mass is 35.5. The molecule has 0 aliphatic carbocycles. The Labute approximate surface area is 119 Å². The highest BCUT2D eigenvalue weighted by Gasteiger charge is 2.31. The maximum atomic E-state index is 12.3. The minimum atomic E-state index is -0.687. The summed E-state index contributed by atoms with van der Waals surface area (Å²) in [7, 11) is 1.64. The van der Waals surface area contributed by atoms with E-state index in [1.54, 1.807) is 7.05 Å². The fourth-order valence-electron chi connectivity index (χ4n) is 1.98. The van der Waals surface area contributed by atoms with Gasteiger partial charge in [0.2, 0.25) is 5.91 Å². The van der Waals surface area contributed by atoms with Gasteiger partial charge in [-0.3, -0.25) is 19.7 Å². The molecular formula is C12H12ClN3O4. The first-order chi connectivity index (χ1) is 9.41. The minimum absolute atomic E-state index is 0.0843. The van der Waals surface area contributed by atoms with E-state index in [-0.39, 0.29) is 23.0 Å². The summed E-state index contributed by atoms with van der Waals surface area (Å²) in [6, 6.07) is 4.17. The summed E-state index contributed by atoms with van der Waals surface area (Å²) >= 11 is 5.77. The third-order valence-electron chi connectivity index (χ3n) is 3.14. The number of halogens is 1. The highest BCUT2D eigenvalue weighted by Crippen LogP contribution is 2.29. The Bertz CT molecular complexity index is 590. The van der Waals surface area contributed by atoms with Crippen LogP contribution >= 0.6 is 11.6 Å². The molecule has 0 N–H and O–H groups in total. The van der Waals surface area contributed by atoms with Crippen molar-refractivity contribution in [1.82, 2.24) is 9.80 Å². The molecule has 1 heterocycles. The van der Waals surface area contributed by atoms with Crippen molar-refractivity contribution in [3.63, 3.8) is 0 Å². The summed E-state index contributed by atoms with van der Waals surface area (Å²) in [4.78, 5) is 37.1. The Hall–Kier alpha value is -2.15. The summed E-state index contributed by atoms with van der Waals surface area (Å²) < 4.78 is 0. The van der Waals surface area contributed by atoms with Crippen LogP contribution < -0.4 is 0 Å². The standard InChI is InChI=1S/C12H12ClN3O4/c1-14-5-6-15(7-10(14)17)12(18)8-3-2-4-9(13)11(8)16(19)20/h2-4H,5-7H2,1H3. The second kappa shape index (κ2) is 5.46. The Morgan fingerprint density at radius 1 is 1.40 bits per heavy atom. The first-order valence-electron chi connectivity index (χ1n) is 5.88. The van der Waals surface area contributed by atoms with Gasteiger partial charge >= 0.3 is 5.69 Å². The first kappa shape index (κ1) is 14.3. The molecule has 8 heteroatoms. The van der Waals surface area contributed by atoms with Crippen LogP contribution in [-0.2, 0) is 4.79 Å². The Morgan fingerprint density at radius 2 is 2.10 bits per heavy atom. The van der Waals surface area contributed by atoms with Crippen LogP contribution in [0.1, 0.15) is 10.4 Å². The van der Waals surface area contributed by atoms with E-state index < -0.39 is 16.5 Å². The first-order valence-corrected chi connectivity index (χ1v) is 6.25. The van der Waals surface area contributed by atoms with Gasteiger partial charge in [0.25, 0.3) is 5.91 Å². The Morgan fingerprint density at radius 3 is 2.70 bits per heavy atom. The smallest absolute Gasteiger partial charge is 0.300 e. The number of nitro groups is 1. The number of hydrogen-bond acceptors (Lipinski definition) is 4. The fourth-order valence-corrected chi connectivity index (χ4v) is 2.22. The van der Waals surface area contributed by atoms with Gasteiger partial charge in [-0.1, -0.05) is 17.7 Å². The molecule has 0 saturated carbocycles. The summed E-state index contributed by atoms with van der Waals surface area (Å²) in [5, 5.41) is 10.9. The molecule has 1 aliphatic rings. The number of carbonyl (C=O) groups excluding carboxylic acids is 2. The number of benzene rings is 1. The van der Waals surface area contributed by atoms with Crippen LogP contribution in [0.2, 0.25) is 5.02 Å². The largest absolute Gasteiger partial charge is 0.342 e. The molecule has 1 aromatic rings. The van der Waals surface area contributed by atoms with Crippen molar-refractivity contribution in [3.05, 3.63) is 38.9 Å². The van der Waals surface area contributed by atoms with Gasteiger partial charge in [-0.2, -0.15) is 0 Å². The number of nitrogens with zero attached hydrogens (tertiary/aromatic N) is 3. The minimum Gasteiger partial charge on any atom is -0.342 e. The molecule has 0 bridgehead atoms. The molecule has 1 saturated heterocycles. The Kier molecular flexibility index (Phi) is 3.89. The average Bonchev–Trinajstić information content (AvgIpc) is 2.40. The van der Waals surface area contributed by atoms with E-state index in [2.05, 4.69) is 0 Å². The van der Waals surface area contributed by atoms with Crippen LogP contribution in [0.4, 0.5) is 5.69 Å². The monoisotopic (exact) mass is 297 g/mol. The zero-order valence-corrected chi connectivity index (χ0v) is 11.5. The van der Waals surface area contributed by atoms with Crippen LogP contribution in [-0.4, -0.2) is 53.2 Å². The Balaban J connectivity index is 2.33. The van der Waals surface area contributed by atoms with E-state index >= 15 is 0 Å². The highest BCUT2D eigenvalue weighted by molar-refractivity contribution is 6.33. The number of amides is 2. The summed E-state index contributed by atoms with van der Waals surface area (Å²) in [6.45, 7) is 0.655. The van der Waals surface area contributed by atoms with E-state index in [1.807, 2.05) is 0 Å². The van der Waals surface area contributed by atoms with Crippen molar-refractivity contribution in [2.45, 2.75) is 0 Å². The van der Waals surface area contributed by atoms with E-state index in [4.69, 9.17) is 11.6 Å². The van der Waals surface area contributed by atoms with E-state index in [9.17, 15) is 19.7 Å². The number of para-hydroxylation sites is 1. The molecule has 2 rings (SSSR count). The van der Waals surface area contributed by atoms with E-state index in [0.717, 1.165) is 0 Å². The molecular weight excluding hydrogens is 286 g/mol. The van der Waals surface area contributed by atoms with Gasteiger partial charge < -0.3 is 9.80 Å². The molecule has 0 radical (unpaired) electrons. The maximum Gasteiger partial charge on any atom is 0.300 e. The SMILES string of the molecule is CN1CCN(C(=O)c2cccc(Cl)c2[N+](=O)[O-])CC1=O. The molecule has 7 nitrogen and oxygen atoms in total. The van der Waals surface area contributed by atoms with Crippen LogP contribution in [0.3, 0.4) is 0 Å². The van der Waals surface area contributed by atoms with E-state index in [1.165, 1.54) is 28.0 Å². The van der Waals surface area contributed by atoms with Crippen molar-refractivity contribution >= 4 is 29.1 Å². The molecule has 20 heavy (non-hydrogen) atoms. The van der Waals surface area contributed by atoms with Gasteiger partial charge in [0.1, 0.15) is 17.1 Å². The van der Waals surface area contributed by atoms with Crippen LogP contribution in [0.15, 0.2) is 18.2 Å². The van der Waals surface area contributed by atoms with Crippen molar-refractivity contribution < 1.29 is 14.5 Å². The van der Waals surface area contributed by atoms with Gasteiger partial charge in [-0.25, -0.2) is 0 Å². The molecule has 0 spiro atoms. The molecule has 0 aromatic heterocycles. The van der Waals surface area contributed by atoms with Crippen molar-refractivity contribution in [2.24, 2.45) is 0 Å². The molecule has 1 aliphatic heterocycles. The zero-order valence-electron chi connectivity index (χ0n) is 10.7. The second-order valence-corrected chi connectivity index (χ2v) is 4.84. The summed E-state index contributed by atoms with van der Waals surface area (Å²) in [6.07, 6.45) is 0. The molecule has 0 atom stereocenters. The van der Waals surface area contributed by atoms with Gasteiger partial charge in [0.15, 0.2) is 0 Å². The quantitative estimate of drug-likeness (QED) is 0.606. The van der Waals surface area contributed by atoms with Crippen LogP contribution in [0.5, 0.6) is 0 Å². The lowest BCUT2D eigenvalue weighted by Crippen LogP contribution is -2.50. The number of likely N-dealkylation sites (N-methyl/N-ethyl adjacent to an activating group) is 1. The van der Waals surface area contributed by atoms with Crippen molar-refractivity contribution in [2.75, 3.05) is 26.7 Å². The molecule has 2 amide bonds. The third kappa shape index (κ3) is 2.57. The van der Waals surface area contributed by atoms with Gasteiger partial charge in [0, 0.05) is 20.1 Å². The van der Waals surface area contributed by atoms with Crippen molar-refractivity contribution in [3.8, 4) is 0 Å². The van der Waals surface area contributed by atoms with Crippen molar-refractivity contribution in [1.29, 1.82) is 0 Å². The molecule has 1 aromatic carbocycles. The molecule has 1 fully saturated rings. The average molecular weight is 298 g/mol. The number of nitro benzene ring substituents is 1. The molecule has 106 valence electrons. The molecule has 0 unspecified atom stereocenters. The number of piperazine rings is 1. The zero-order chi connectivity index (χ0) is 14.9.